The molecule has 0 N–H and O–H groups in total. The second-order valence-electron chi connectivity index (χ2n) is 20.3. The van der Waals surface area contributed by atoms with Crippen molar-refractivity contribution in [1.82, 2.24) is 0 Å². The molecule has 5 heteroatoms. The minimum absolute atomic E-state index is 0.0826. The Labute approximate surface area is 424 Å². The number of rotatable bonds is 56. The highest BCUT2D eigenvalue weighted by atomic mass is 16.6. The quantitative estimate of drug-likeness (QED) is 0.0345. The molecule has 0 saturated heterocycles. The Hall–Kier alpha value is -2.14. The number of unbranched alkanes of at least 4 members (excludes halogenated alkanes) is 37. The molecule has 0 spiro atoms. The summed E-state index contributed by atoms with van der Waals surface area (Å²) in [5, 5.41) is 0. The SMILES string of the molecule is CCCCC/C=C\C/C=C\CCCCCCCCCCCC(=O)OCC(COCCCCCCCC/C=C\C/C=C\CCCCC)OC(=O)CCCCCCCCCCCCCCCCCCC. The maximum atomic E-state index is 12.9. The number of hydrogen-bond donors (Lipinski definition) is 0. The van der Waals surface area contributed by atoms with Gasteiger partial charge < -0.3 is 14.2 Å². The van der Waals surface area contributed by atoms with E-state index in [-0.39, 0.29) is 25.2 Å². The summed E-state index contributed by atoms with van der Waals surface area (Å²) in [6.45, 7) is 7.81. The van der Waals surface area contributed by atoms with Crippen LogP contribution in [0.1, 0.15) is 316 Å². The van der Waals surface area contributed by atoms with Gasteiger partial charge >= 0.3 is 11.9 Å². The van der Waals surface area contributed by atoms with Crippen LogP contribution in [0.5, 0.6) is 0 Å². The highest BCUT2D eigenvalue weighted by Gasteiger charge is 2.17. The monoisotopic (exact) mass is 953 g/mol. The lowest BCUT2D eigenvalue weighted by Crippen LogP contribution is -2.30. The van der Waals surface area contributed by atoms with E-state index in [0.717, 1.165) is 51.4 Å². The van der Waals surface area contributed by atoms with Crippen LogP contribution in [0.3, 0.4) is 0 Å². The van der Waals surface area contributed by atoms with Crippen LogP contribution >= 0.6 is 0 Å². The summed E-state index contributed by atoms with van der Waals surface area (Å²) < 4.78 is 17.5. The Bertz CT molecular complexity index is 1120. The first-order chi connectivity index (χ1) is 33.6. The molecule has 0 heterocycles. The van der Waals surface area contributed by atoms with Gasteiger partial charge in [0.2, 0.25) is 0 Å². The summed E-state index contributed by atoms with van der Waals surface area (Å²) in [6, 6.07) is 0. The second-order valence-corrected chi connectivity index (χ2v) is 20.3. The molecule has 0 aliphatic rings. The third-order valence-electron chi connectivity index (χ3n) is 13.3. The minimum Gasteiger partial charge on any atom is -0.462 e. The zero-order valence-corrected chi connectivity index (χ0v) is 45.9. The molecule has 398 valence electrons. The van der Waals surface area contributed by atoms with Crippen molar-refractivity contribution in [3.63, 3.8) is 0 Å². The molecule has 5 nitrogen and oxygen atoms in total. The van der Waals surface area contributed by atoms with Crippen LogP contribution in [0.4, 0.5) is 0 Å². The first-order valence-electron chi connectivity index (χ1n) is 30.2. The van der Waals surface area contributed by atoms with E-state index in [1.807, 2.05) is 0 Å². The standard InChI is InChI=1S/C63H116O5/c1-4-7-10-13-16-19-22-25-28-31-32-34-35-38-41-44-47-50-53-56-62(64)67-60-61(59-66-58-55-52-49-46-43-40-37-30-27-24-21-18-15-12-9-6-3)68-63(65)57-54-51-48-45-42-39-36-33-29-26-23-20-17-14-11-8-5-2/h16,18-19,21,25,27-28,30,61H,4-15,17,20,22-24,26,29,31-60H2,1-3H3/b19-16-,21-18-,28-25-,30-27-. The maximum absolute atomic E-state index is 12.9. The van der Waals surface area contributed by atoms with Crippen LogP contribution in [0.25, 0.3) is 0 Å². The Kier molecular flexibility index (Phi) is 57.3. The normalized spacial score (nSPS) is 12.5. The van der Waals surface area contributed by atoms with Gasteiger partial charge in [0.05, 0.1) is 6.61 Å². The smallest absolute Gasteiger partial charge is 0.306 e. The van der Waals surface area contributed by atoms with Gasteiger partial charge in [0.15, 0.2) is 6.10 Å². The van der Waals surface area contributed by atoms with Crippen molar-refractivity contribution < 1.29 is 23.8 Å². The number of hydrogen-bond acceptors (Lipinski definition) is 5. The lowest BCUT2D eigenvalue weighted by molar-refractivity contribution is -0.163. The average Bonchev–Trinajstić information content (AvgIpc) is 3.34. The highest BCUT2D eigenvalue weighted by Crippen LogP contribution is 2.16. The van der Waals surface area contributed by atoms with Gasteiger partial charge in [0.25, 0.3) is 0 Å². The maximum Gasteiger partial charge on any atom is 0.306 e. The van der Waals surface area contributed by atoms with Crippen molar-refractivity contribution in [2.75, 3.05) is 19.8 Å². The summed E-state index contributed by atoms with van der Waals surface area (Å²) >= 11 is 0. The first kappa shape index (κ1) is 65.9. The molecule has 0 aromatic rings. The molecule has 0 aromatic carbocycles. The second kappa shape index (κ2) is 59.2. The molecule has 0 amide bonds. The summed E-state index contributed by atoms with van der Waals surface area (Å²) in [5.74, 6) is -0.390. The molecule has 0 bridgehead atoms. The van der Waals surface area contributed by atoms with Gasteiger partial charge in [-0.05, 0) is 83.5 Å². The van der Waals surface area contributed by atoms with Crippen LogP contribution in [0.15, 0.2) is 48.6 Å². The van der Waals surface area contributed by atoms with E-state index < -0.39 is 6.10 Å². The molecule has 0 radical (unpaired) electrons. The molecule has 0 saturated carbocycles. The van der Waals surface area contributed by atoms with Crippen LogP contribution in [-0.2, 0) is 23.8 Å². The molecule has 0 aliphatic carbocycles. The van der Waals surface area contributed by atoms with E-state index in [0.29, 0.717) is 19.4 Å². The molecule has 0 fully saturated rings. The van der Waals surface area contributed by atoms with E-state index in [4.69, 9.17) is 14.2 Å². The third kappa shape index (κ3) is 56.4. The fourth-order valence-electron chi connectivity index (χ4n) is 8.81. The van der Waals surface area contributed by atoms with Crippen LogP contribution in [0, 0.1) is 0 Å². The molecule has 0 aliphatic heterocycles. The van der Waals surface area contributed by atoms with Crippen molar-refractivity contribution in [2.24, 2.45) is 0 Å². The van der Waals surface area contributed by atoms with Crippen molar-refractivity contribution in [1.29, 1.82) is 0 Å². The van der Waals surface area contributed by atoms with E-state index in [1.54, 1.807) is 0 Å². The number of allylic oxidation sites excluding steroid dienone is 8. The zero-order valence-electron chi connectivity index (χ0n) is 45.9. The lowest BCUT2D eigenvalue weighted by Gasteiger charge is -2.18. The Morgan fingerprint density at radius 3 is 1.00 bits per heavy atom. The van der Waals surface area contributed by atoms with E-state index in [9.17, 15) is 9.59 Å². The molecule has 1 atom stereocenters. The number of carbonyl (C=O) groups is 2. The topological polar surface area (TPSA) is 61.8 Å². The van der Waals surface area contributed by atoms with Crippen molar-refractivity contribution in [2.45, 2.75) is 322 Å². The largest absolute Gasteiger partial charge is 0.462 e. The summed E-state index contributed by atoms with van der Waals surface area (Å²) in [4.78, 5) is 25.6. The van der Waals surface area contributed by atoms with Crippen LogP contribution < -0.4 is 0 Å². The van der Waals surface area contributed by atoms with E-state index in [1.165, 1.54) is 231 Å². The highest BCUT2D eigenvalue weighted by molar-refractivity contribution is 5.70. The molecular formula is C63H116O5. The fraction of sp³-hybridized carbons (Fsp3) is 0.841. The van der Waals surface area contributed by atoms with Gasteiger partial charge in [-0.2, -0.15) is 0 Å². The average molecular weight is 954 g/mol. The number of ether oxygens (including phenoxy) is 3. The van der Waals surface area contributed by atoms with Crippen molar-refractivity contribution >= 4 is 11.9 Å². The van der Waals surface area contributed by atoms with Gasteiger partial charge in [0, 0.05) is 19.4 Å². The Balaban J connectivity index is 4.26. The minimum atomic E-state index is -0.542. The molecule has 0 aromatic heterocycles. The molecule has 0 rings (SSSR count). The lowest BCUT2D eigenvalue weighted by atomic mass is 10.0. The van der Waals surface area contributed by atoms with Crippen LogP contribution in [-0.4, -0.2) is 37.9 Å². The fourth-order valence-corrected chi connectivity index (χ4v) is 8.81. The predicted octanol–water partition coefficient (Wildman–Crippen LogP) is 20.7. The first-order valence-corrected chi connectivity index (χ1v) is 30.2. The van der Waals surface area contributed by atoms with Gasteiger partial charge in [-0.3, -0.25) is 9.59 Å². The Morgan fingerprint density at radius 1 is 0.324 bits per heavy atom. The van der Waals surface area contributed by atoms with Crippen LogP contribution in [0.2, 0.25) is 0 Å². The summed E-state index contributed by atoms with van der Waals surface area (Å²) in [5.41, 5.74) is 0. The number of esters is 2. The van der Waals surface area contributed by atoms with Gasteiger partial charge in [0.1, 0.15) is 6.61 Å². The van der Waals surface area contributed by atoms with Gasteiger partial charge in [-0.1, -0.05) is 268 Å². The zero-order chi connectivity index (χ0) is 49.2. The predicted molar refractivity (Wildman–Crippen MR) is 298 cm³/mol. The van der Waals surface area contributed by atoms with Crippen molar-refractivity contribution in [3.05, 3.63) is 48.6 Å². The van der Waals surface area contributed by atoms with Crippen molar-refractivity contribution in [3.8, 4) is 0 Å². The van der Waals surface area contributed by atoms with E-state index in [2.05, 4.69) is 69.4 Å². The molecule has 1 unspecified atom stereocenters. The third-order valence-corrected chi connectivity index (χ3v) is 13.3. The Morgan fingerprint density at radius 2 is 0.618 bits per heavy atom. The van der Waals surface area contributed by atoms with Gasteiger partial charge in [-0.15, -0.1) is 0 Å². The van der Waals surface area contributed by atoms with Gasteiger partial charge in [-0.25, -0.2) is 0 Å². The molecular weight excluding hydrogens is 837 g/mol. The van der Waals surface area contributed by atoms with E-state index >= 15 is 0 Å². The molecule has 68 heavy (non-hydrogen) atoms. The summed E-state index contributed by atoms with van der Waals surface area (Å²) in [6.07, 6.45) is 74.2. The number of carbonyl (C=O) groups excluding carboxylic acids is 2. The summed E-state index contributed by atoms with van der Waals surface area (Å²) in [7, 11) is 0.